The Hall–Kier alpha value is -3.30. The molecule has 25 heavy (non-hydrogen) atoms. The topological polar surface area (TPSA) is 99.4 Å². The van der Waals surface area contributed by atoms with Crippen LogP contribution >= 0.6 is 11.6 Å². The summed E-state index contributed by atoms with van der Waals surface area (Å²) in [5.41, 5.74) is 0.883. The fourth-order valence-electron chi connectivity index (χ4n) is 1.92. The highest BCUT2D eigenvalue weighted by Crippen LogP contribution is 2.18. The van der Waals surface area contributed by atoms with E-state index in [4.69, 9.17) is 21.4 Å². The van der Waals surface area contributed by atoms with E-state index in [0.717, 1.165) is 0 Å². The summed E-state index contributed by atoms with van der Waals surface area (Å²) in [6.07, 6.45) is 1.38. The first kappa shape index (κ1) is 18.0. The molecule has 0 saturated carbocycles. The molecule has 0 atom stereocenters. The first-order chi connectivity index (χ1) is 12.0. The smallest absolute Gasteiger partial charge is 0.341 e. The van der Waals surface area contributed by atoms with Crippen molar-refractivity contribution in [3.8, 4) is 11.8 Å². The Morgan fingerprint density at radius 3 is 2.68 bits per heavy atom. The lowest BCUT2D eigenvalue weighted by Crippen LogP contribution is -2.13. The second kappa shape index (κ2) is 8.52. The van der Waals surface area contributed by atoms with Gasteiger partial charge >= 0.3 is 5.97 Å². The van der Waals surface area contributed by atoms with Gasteiger partial charge < -0.3 is 15.2 Å². The summed E-state index contributed by atoms with van der Waals surface area (Å²) in [5, 5.41) is 20.9. The van der Waals surface area contributed by atoms with E-state index in [-0.39, 0.29) is 5.57 Å². The molecule has 0 aliphatic rings. The number of aliphatic carboxylic acids is 1. The predicted molar refractivity (Wildman–Crippen MR) is 93.2 cm³/mol. The number of halogens is 1. The van der Waals surface area contributed by atoms with E-state index in [0.29, 0.717) is 22.0 Å². The highest BCUT2D eigenvalue weighted by atomic mass is 35.5. The van der Waals surface area contributed by atoms with Crippen molar-refractivity contribution < 1.29 is 19.4 Å². The number of rotatable bonds is 6. The van der Waals surface area contributed by atoms with Crippen molar-refractivity contribution in [1.82, 2.24) is 0 Å². The van der Waals surface area contributed by atoms with Gasteiger partial charge in [0.2, 0.25) is 0 Å². The molecule has 0 aliphatic heterocycles. The second-order valence-electron chi connectivity index (χ2n) is 4.89. The maximum Gasteiger partial charge on any atom is 0.341 e. The van der Waals surface area contributed by atoms with Crippen molar-refractivity contribution in [2.45, 2.75) is 0 Å². The third-order valence-electron chi connectivity index (χ3n) is 2.98. The Bertz CT molecular complexity index is 871. The number of carboxylic acids is 1. The van der Waals surface area contributed by atoms with Gasteiger partial charge in [0, 0.05) is 10.7 Å². The lowest BCUT2D eigenvalue weighted by atomic mass is 10.1. The minimum atomic E-state index is -1.10. The molecule has 7 heteroatoms. The summed E-state index contributed by atoms with van der Waals surface area (Å²) < 4.78 is 5.07. The number of nitrogens with one attached hydrogen (secondary N) is 1. The van der Waals surface area contributed by atoms with Crippen LogP contribution in [0, 0.1) is 11.3 Å². The molecule has 0 fully saturated rings. The van der Waals surface area contributed by atoms with Crippen molar-refractivity contribution in [1.29, 1.82) is 5.26 Å². The number of carbonyl (C=O) groups is 2. The third kappa shape index (κ3) is 5.68. The molecule has 0 aliphatic carbocycles. The Balaban J connectivity index is 2.16. The Morgan fingerprint density at radius 1 is 1.24 bits per heavy atom. The van der Waals surface area contributed by atoms with E-state index in [1.165, 1.54) is 12.1 Å². The molecule has 0 bridgehead atoms. The van der Waals surface area contributed by atoms with E-state index in [9.17, 15) is 14.9 Å². The zero-order chi connectivity index (χ0) is 18.2. The number of hydrogen-bond acceptors (Lipinski definition) is 4. The van der Waals surface area contributed by atoms with Gasteiger partial charge in [-0.05, 0) is 42.0 Å². The Kier molecular flexibility index (Phi) is 6.15. The van der Waals surface area contributed by atoms with Crippen molar-refractivity contribution in [2.75, 3.05) is 11.9 Å². The van der Waals surface area contributed by atoms with E-state index in [1.54, 1.807) is 42.5 Å². The largest absolute Gasteiger partial charge is 0.482 e. The average molecular weight is 357 g/mol. The van der Waals surface area contributed by atoms with Crippen LogP contribution in [0.4, 0.5) is 5.69 Å². The molecule has 126 valence electrons. The van der Waals surface area contributed by atoms with Gasteiger partial charge in [-0.1, -0.05) is 29.8 Å². The molecular weight excluding hydrogens is 344 g/mol. The number of ether oxygens (including phenoxy) is 1. The van der Waals surface area contributed by atoms with Gasteiger partial charge in [-0.3, -0.25) is 4.79 Å². The molecule has 2 aromatic carbocycles. The number of hydrogen-bond donors (Lipinski definition) is 2. The molecule has 2 aromatic rings. The summed E-state index contributed by atoms with van der Waals surface area (Å²) in [6.45, 7) is -0.479. The summed E-state index contributed by atoms with van der Waals surface area (Å²) in [6, 6.07) is 14.8. The summed E-state index contributed by atoms with van der Waals surface area (Å²) >= 11 is 5.85. The van der Waals surface area contributed by atoms with Crippen LogP contribution in [0.5, 0.6) is 5.75 Å². The zero-order valence-electron chi connectivity index (χ0n) is 12.9. The molecule has 0 spiro atoms. The molecule has 2 rings (SSSR count). The SMILES string of the molecule is N#C/C(=C\c1cccc(OCC(=O)O)c1)C(=O)Nc1cccc(Cl)c1. The number of benzene rings is 2. The minimum absolute atomic E-state index is 0.115. The van der Waals surface area contributed by atoms with Crippen LogP contribution in [0.1, 0.15) is 5.56 Å². The first-order valence-corrected chi connectivity index (χ1v) is 7.49. The lowest BCUT2D eigenvalue weighted by molar-refractivity contribution is -0.139. The van der Waals surface area contributed by atoms with Crippen molar-refractivity contribution >= 4 is 35.2 Å². The maximum atomic E-state index is 12.2. The van der Waals surface area contributed by atoms with Gasteiger partial charge in [-0.2, -0.15) is 5.26 Å². The molecule has 0 radical (unpaired) electrons. The molecule has 0 unspecified atom stereocenters. The van der Waals surface area contributed by atoms with Crippen LogP contribution in [0.3, 0.4) is 0 Å². The molecule has 0 aromatic heterocycles. The zero-order valence-corrected chi connectivity index (χ0v) is 13.7. The van der Waals surface area contributed by atoms with Gasteiger partial charge in [0.05, 0.1) is 0 Å². The highest BCUT2D eigenvalue weighted by molar-refractivity contribution is 6.31. The van der Waals surface area contributed by atoms with Gasteiger partial charge in [-0.25, -0.2) is 4.79 Å². The molecule has 6 nitrogen and oxygen atoms in total. The van der Waals surface area contributed by atoms with E-state index in [1.807, 2.05) is 6.07 Å². The van der Waals surface area contributed by atoms with Crippen LogP contribution < -0.4 is 10.1 Å². The number of amides is 1. The van der Waals surface area contributed by atoms with Crippen LogP contribution in [-0.2, 0) is 9.59 Å². The first-order valence-electron chi connectivity index (χ1n) is 7.11. The number of nitriles is 1. The summed E-state index contributed by atoms with van der Waals surface area (Å²) in [4.78, 5) is 22.7. The fourth-order valence-corrected chi connectivity index (χ4v) is 2.11. The van der Waals surface area contributed by atoms with E-state index in [2.05, 4.69) is 5.32 Å². The van der Waals surface area contributed by atoms with Gasteiger partial charge in [0.1, 0.15) is 17.4 Å². The summed E-state index contributed by atoms with van der Waals surface area (Å²) in [7, 11) is 0. The lowest BCUT2D eigenvalue weighted by Gasteiger charge is -2.06. The van der Waals surface area contributed by atoms with Crippen LogP contribution in [-0.4, -0.2) is 23.6 Å². The average Bonchev–Trinajstić information content (AvgIpc) is 2.58. The molecule has 2 N–H and O–H groups in total. The maximum absolute atomic E-state index is 12.2. The standard InChI is InChI=1S/C18H13ClN2O4/c19-14-4-2-5-15(9-14)21-18(24)13(10-20)7-12-3-1-6-16(8-12)25-11-17(22)23/h1-9H,11H2,(H,21,24)(H,22,23)/b13-7+. The fraction of sp³-hybridized carbons (Fsp3) is 0.0556. The monoisotopic (exact) mass is 356 g/mol. The van der Waals surface area contributed by atoms with Crippen LogP contribution in [0.15, 0.2) is 54.1 Å². The number of carboxylic acid groups (broad SMARTS) is 1. The van der Waals surface area contributed by atoms with Gasteiger partial charge in [0.15, 0.2) is 6.61 Å². The summed E-state index contributed by atoms with van der Waals surface area (Å²) in [5.74, 6) is -1.36. The Labute approximate surface area is 148 Å². The van der Waals surface area contributed by atoms with Crippen molar-refractivity contribution in [2.24, 2.45) is 0 Å². The second-order valence-corrected chi connectivity index (χ2v) is 5.33. The quantitative estimate of drug-likeness (QED) is 0.610. The third-order valence-corrected chi connectivity index (χ3v) is 3.21. The molecule has 1 amide bonds. The minimum Gasteiger partial charge on any atom is -0.482 e. The van der Waals surface area contributed by atoms with Gasteiger partial charge in [0.25, 0.3) is 5.91 Å². The number of carbonyl (C=O) groups excluding carboxylic acids is 1. The predicted octanol–water partition coefficient (Wildman–Crippen LogP) is 3.35. The molecule has 0 heterocycles. The van der Waals surface area contributed by atoms with Crippen molar-refractivity contribution in [3.63, 3.8) is 0 Å². The van der Waals surface area contributed by atoms with E-state index >= 15 is 0 Å². The van der Waals surface area contributed by atoms with E-state index < -0.39 is 18.5 Å². The highest BCUT2D eigenvalue weighted by Gasteiger charge is 2.10. The Morgan fingerprint density at radius 2 is 2.00 bits per heavy atom. The molecular formula is C18H13ClN2O4. The normalized spacial score (nSPS) is 10.6. The van der Waals surface area contributed by atoms with Crippen LogP contribution in [0.25, 0.3) is 6.08 Å². The molecule has 0 saturated heterocycles. The van der Waals surface area contributed by atoms with Gasteiger partial charge in [-0.15, -0.1) is 0 Å². The van der Waals surface area contributed by atoms with Crippen LogP contribution in [0.2, 0.25) is 5.02 Å². The number of nitrogens with zero attached hydrogens (tertiary/aromatic N) is 1. The number of anilines is 1. The van der Waals surface area contributed by atoms with Crippen molar-refractivity contribution in [3.05, 3.63) is 64.7 Å².